The molecule has 2 heteroatoms. The van der Waals surface area contributed by atoms with Crippen molar-refractivity contribution in [1.82, 2.24) is 5.32 Å². The van der Waals surface area contributed by atoms with Crippen molar-refractivity contribution in [2.45, 2.75) is 38.0 Å². The standard InChI is InChI=1S/C15H25NS/c1-13(2)10-12-17-15-8-6-14(7-9-15)5-4-11-16-3/h6-9,13,16H,4-5,10-12H2,1-3H3. The summed E-state index contributed by atoms with van der Waals surface area (Å²) in [5.41, 5.74) is 1.45. The fourth-order valence-corrected chi connectivity index (χ4v) is 2.79. The fourth-order valence-electron chi connectivity index (χ4n) is 1.63. The minimum Gasteiger partial charge on any atom is -0.320 e. The smallest absolute Gasteiger partial charge is 0.00721 e. The zero-order valence-corrected chi connectivity index (χ0v) is 12.1. The van der Waals surface area contributed by atoms with Gasteiger partial charge in [-0.05, 0) is 62.2 Å². The molecular formula is C15H25NS. The first-order chi connectivity index (χ1) is 8.22. The van der Waals surface area contributed by atoms with Crippen LogP contribution >= 0.6 is 11.8 Å². The molecule has 0 spiro atoms. The Kier molecular flexibility index (Phi) is 7.38. The molecule has 1 aromatic rings. The normalized spacial score (nSPS) is 11.1. The van der Waals surface area contributed by atoms with Gasteiger partial charge in [-0.15, -0.1) is 11.8 Å². The van der Waals surface area contributed by atoms with E-state index in [9.17, 15) is 0 Å². The Morgan fingerprint density at radius 2 is 1.88 bits per heavy atom. The van der Waals surface area contributed by atoms with Crippen molar-refractivity contribution in [3.63, 3.8) is 0 Å². The number of hydrogen-bond donors (Lipinski definition) is 1. The lowest BCUT2D eigenvalue weighted by atomic mass is 10.1. The van der Waals surface area contributed by atoms with Gasteiger partial charge in [-0.1, -0.05) is 26.0 Å². The monoisotopic (exact) mass is 251 g/mol. The van der Waals surface area contributed by atoms with E-state index in [1.165, 1.54) is 35.5 Å². The minimum absolute atomic E-state index is 0.809. The molecule has 1 nitrogen and oxygen atoms in total. The van der Waals surface area contributed by atoms with E-state index in [4.69, 9.17) is 0 Å². The molecule has 96 valence electrons. The van der Waals surface area contributed by atoms with Crippen molar-refractivity contribution in [3.05, 3.63) is 29.8 Å². The molecule has 17 heavy (non-hydrogen) atoms. The Morgan fingerprint density at radius 3 is 2.47 bits per heavy atom. The van der Waals surface area contributed by atoms with Gasteiger partial charge in [0.15, 0.2) is 0 Å². The summed E-state index contributed by atoms with van der Waals surface area (Å²) in [6.07, 6.45) is 3.70. The van der Waals surface area contributed by atoms with E-state index in [-0.39, 0.29) is 0 Å². The van der Waals surface area contributed by atoms with Crippen LogP contribution in [0.5, 0.6) is 0 Å². The van der Waals surface area contributed by atoms with Gasteiger partial charge in [0.1, 0.15) is 0 Å². The summed E-state index contributed by atoms with van der Waals surface area (Å²) in [7, 11) is 2.01. The summed E-state index contributed by atoms with van der Waals surface area (Å²) in [5, 5.41) is 3.18. The predicted octanol–water partition coefficient (Wildman–Crippen LogP) is 3.98. The molecule has 0 fully saturated rings. The topological polar surface area (TPSA) is 12.0 Å². The van der Waals surface area contributed by atoms with E-state index in [0.717, 1.165) is 12.5 Å². The Morgan fingerprint density at radius 1 is 1.18 bits per heavy atom. The van der Waals surface area contributed by atoms with Gasteiger partial charge in [0.25, 0.3) is 0 Å². The van der Waals surface area contributed by atoms with E-state index >= 15 is 0 Å². The Hall–Kier alpha value is -0.470. The van der Waals surface area contributed by atoms with Gasteiger partial charge < -0.3 is 5.32 Å². The van der Waals surface area contributed by atoms with Crippen LogP contribution in [-0.2, 0) is 6.42 Å². The molecule has 0 heterocycles. The molecule has 1 aromatic carbocycles. The van der Waals surface area contributed by atoms with Crippen LogP contribution in [0.25, 0.3) is 0 Å². The Labute approximate surface area is 110 Å². The summed E-state index contributed by atoms with van der Waals surface area (Å²) < 4.78 is 0. The third kappa shape index (κ3) is 6.75. The van der Waals surface area contributed by atoms with E-state index in [0.29, 0.717) is 0 Å². The first-order valence-corrected chi connectivity index (χ1v) is 7.57. The van der Waals surface area contributed by atoms with E-state index in [2.05, 4.69) is 43.4 Å². The molecule has 0 saturated heterocycles. The van der Waals surface area contributed by atoms with Gasteiger partial charge in [-0.3, -0.25) is 0 Å². The minimum atomic E-state index is 0.809. The highest BCUT2D eigenvalue weighted by atomic mass is 32.2. The highest BCUT2D eigenvalue weighted by molar-refractivity contribution is 7.99. The maximum absolute atomic E-state index is 3.18. The van der Waals surface area contributed by atoms with Crippen LogP contribution in [0.2, 0.25) is 0 Å². The van der Waals surface area contributed by atoms with Gasteiger partial charge in [0.05, 0.1) is 0 Å². The summed E-state index contributed by atoms with van der Waals surface area (Å²) in [5.74, 6) is 2.04. The summed E-state index contributed by atoms with van der Waals surface area (Å²) in [4.78, 5) is 1.41. The second-order valence-electron chi connectivity index (χ2n) is 4.88. The van der Waals surface area contributed by atoms with E-state index < -0.39 is 0 Å². The molecule has 0 saturated carbocycles. The maximum atomic E-state index is 3.18. The number of thioether (sulfide) groups is 1. The van der Waals surface area contributed by atoms with Gasteiger partial charge in [0, 0.05) is 4.90 Å². The van der Waals surface area contributed by atoms with Crippen LogP contribution in [0, 0.1) is 5.92 Å². The van der Waals surface area contributed by atoms with Gasteiger partial charge in [-0.25, -0.2) is 0 Å². The van der Waals surface area contributed by atoms with Gasteiger partial charge in [0.2, 0.25) is 0 Å². The molecule has 0 amide bonds. The van der Waals surface area contributed by atoms with Crippen molar-refractivity contribution >= 4 is 11.8 Å². The van der Waals surface area contributed by atoms with Crippen molar-refractivity contribution in [2.75, 3.05) is 19.3 Å². The molecule has 0 radical (unpaired) electrons. The van der Waals surface area contributed by atoms with Crippen LogP contribution in [0.3, 0.4) is 0 Å². The van der Waals surface area contributed by atoms with Crippen molar-refractivity contribution in [1.29, 1.82) is 0 Å². The van der Waals surface area contributed by atoms with Crippen molar-refractivity contribution in [3.8, 4) is 0 Å². The fraction of sp³-hybridized carbons (Fsp3) is 0.600. The third-order valence-electron chi connectivity index (χ3n) is 2.78. The Balaban J connectivity index is 2.29. The highest BCUT2D eigenvalue weighted by Gasteiger charge is 1.98. The number of hydrogen-bond acceptors (Lipinski definition) is 2. The maximum Gasteiger partial charge on any atom is 0.00721 e. The zero-order valence-electron chi connectivity index (χ0n) is 11.3. The van der Waals surface area contributed by atoms with E-state index in [1.807, 2.05) is 18.8 Å². The first-order valence-electron chi connectivity index (χ1n) is 6.58. The van der Waals surface area contributed by atoms with Gasteiger partial charge >= 0.3 is 0 Å². The van der Waals surface area contributed by atoms with Crippen LogP contribution in [0.4, 0.5) is 0 Å². The second kappa shape index (κ2) is 8.60. The Bertz CT molecular complexity index is 292. The van der Waals surface area contributed by atoms with Crippen LogP contribution in [0.15, 0.2) is 29.2 Å². The van der Waals surface area contributed by atoms with Crippen molar-refractivity contribution < 1.29 is 0 Å². The summed E-state index contributed by atoms with van der Waals surface area (Å²) >= 11 is 1.97. The average Bonchev–Trinajstić information content (AvgIpc) is 2.31. The predicted molar refractivity (Wildman–Crippen MR) is 78.9 cm³/mol. The molecule has 0 unspecified atom stereocenters. The lowest BCUT2D eigenvalue weighted by Gasteiger charge is -2.06. The number of aryl methyl sites for hydroxylation is 1. The molecule has 0 aromatic heterocycles. The summed E-state index contributed by atoms with van der Waals surface area (Å²) in [6, 6.07) is 9.07. The second-order valence-corrected chi connectivity index (χ2v) is 6.05. The van der Waals surface area contributed by atoms with Gasteiger partial charge in [-0.2, -0.15) is 0 Å². The molecule has 0 aliphatic heterocycles. The molecular weight excluding hydrogens is 226 g/mol. The third-order valence-corrected chi connectivity index (χ3v) is 3.82. The average molecular weight is 251 g/mol. The van der Waals surface area contributed by atoms with Crippen LogP contribution in [-0.4, -0.2) is 19.3 Å². The molecule has 0 atom stereocenters. The SMILES string of the molecule is CNCCCc1ccc(SCCC(C)C)cc1. The van der Waals surface area contributed by atoms with E-state index in [1.54, 1.807) is 0 Å². The first kappa shape index (κ1) is 14.6. The number of benzene rings is 1. The summed E-state index contributed by atoms with van der Waals surface area (Å²) in [6.45, 7) is 5.67. The highest BCUT2D eigenvalue weighted by Crippen LogP contribution is 2.21. The largest absolute Gasteiger partial charge is 0.320 e. The molecule has 0 aliphatic rings. The molecule has 0 aliphatic carbocycles. The lowest BCUT2D eigenvalue weighted by molar-refractivity contribution is 0.632. The quantitative estimate of drug-likeness (QED) is 0.554. The number of nitrogens with one attached hydrogen (secondary N) is 1. The zero-order chi connectivity index (χ0) is 12.5. The molecule has 0 bridgehead atoms. The lowest BCUT2D eigenvalue weighted by Crippen LogP contribution is -2.08. The molecule has 1 rings (SSSR count). The van der Waals surface area contributed by atoms with Crippen LogP contribution < -0.4 is 5.32 Å². The van der Waals surface area contributed by atoms with Crippen molar-refractivity contribution in [2.24, 2.45) is 5.92 Å². The number of rotatable bonds is 8. The molecule has 1 N–H and O–H groups in total. The van der Waals surface area contributed by atoms with Crippen LogP contribution in [0.1, 0.15) is 32.3 Å².